The van der Waals surface area contributed by atoms with Gasteiger partial charge in [0.25, 0.3) is 5.91 Å². The number of oxime groups is 1. The molecule has 0 aromatic heterocycles. The van der Waals surface area contributed by atoms with Gasteiger partial charge in [-0.05, 0) is 48.6 Å². The fourth-order valence-corrected chi connectivity index (χ4v) is 2.62. The van der Waals surface area contributed by atoms with Crippen LogP contribution in [-0.2, 0) is 22.5 Å². The van der Waals surface area contributed by atoms with E-state index in [1.807, 2.05) is 12.1 Å². The Balaban J connectivity index is 1.49. The van der Waals surface area contributed by atoms with E-state index >= 15 is 0 Å². The average molecular weight is 312 g/mol. The highest BCUT2D eigenvalue weighted by atomic mass is 19.1. The third-order valence-electron chi connectivity index (χ3n) is 3.75. The van der Waals surface area contributed by atoms with E-state index < -0.39 is 0 Å². The normalized spacial score (nSPS) is 13.1. The van der Waals surface area contributed by atoms with E-state index in [4.69, 9.17) is 4.84 Å². The highest BCUT2D eigenvalue weighted by molar-refractivity contribution is 5.91. The molecular weight excluding hydrogens is 295 g/mol. The van der Waals surface area contributed by atoms with E-state index in [9.17, 15) is 9.18 Å². The van der Waals surface area contributed by atoms with Crippen LogP contribution in [0.4, 0.5) is 10.1 Å². The maximum absolute atomic E-state index is 13.3. The molecule has 1 aliphatic rings. The van der Waals surface area contributed by atoms with Crippen LogP contribution in [0.25, 0.3) is 0 Å². The van der Waals surface area contributed by atoms with Crippen molar-refractivity contribution >= 4 is 17.8 Å². The summed E-state index contributed by atoms with van der Waals surface area (Å²) in [5.41, 5.74) is 3.72. The Kier molecular flexibility index (Phi) is 4.66. The van der Waals surface area contributed by atoms with E-state index in [1.165, 1.54) is 29.8 Å². The van der Waals surface area contributed by atoms with E-state index in [-0.39, 0.29) is 18.3 Å². The number of nitrogens with one attached hydrogen (secondary N) is 1. The summed E-state index contributed by atoms with van der Waals surface area (Å²) in [4.78, 5) is 16.7. The van der Waals surface area contributed by atoms with E-state index in [1.54, 1.807) is 18.2 Å². The van der Waals surface area contributed by atoms with Crippen LogP contribution in [0.2, 0.25) is 0 Å². The smallest absolute Gasteiger partial charge is 0.265 e. The Morgan fingerprint density at radius 3 is 2.91 bits per heavy atom. The molecule has 0 bridgehead atoms. The molecule has 2 aromatic rings. The van der Waals surface area contributed by atoms with Gasteiger partial charge in [-0.2, -0.15) is 0 Å². The second kappa shape index (κ2) is 7.05. The molecule has 0 saturated heterocycles. The van der Waals surface area contributed by atoms with Crippen molar-refractivity contribution in [1.29, 1.82) is 0 Å². The second-order valence-electron chi connectivity index (χ2n) is 5.41. The van der Waals surface area contributed by atoms with Crippen molar-refractivity contribution in [3.63, 3.8) is 0 Å². The van der Waals surface area contributed by atoms with Crippen LogP contribution in [0.1, 0.15) is 23.1 Å². The lowest BCUT2D eigenvalue weighted by Gasteiger charge is -2.06. The van der Waals surface area contributed by atoms with Crippen molar-refractivity contribution in [2.75, 3.05) is 11.9 Å². The van der Waals surface area contributed by atoms with Crippen LogP contribution < -0.4 is 5.32 Å². The molecule has 0 atom stereocenters. The van der Waals surface area contributed by atoms with Gasteiger partial charge in [0.05, 0.1) is 6.21 Å². The van der Waals surface area contributed by atoms with E-state index in [0.29, 0.717) is 5.56 Å². The fraction of sp³-hybridized carbons (Fsp3) is 0.222. The van der Waals surface area contributed by atoms with Gasteiger partial charge < -0.3 is 10.2 Å². The number of amides is 1. The summed E-state index contributed by atoms with van der Waals surface area (Å²) in [5, 5.41) is 6.39. The predicted octanol–water partition coefficient (Wildman–Crippen LogP) is 3.30. The summed E-state index contributed by atoms with van der Waals surface area (Å²) in [6, 6.07) is 12.2. The number of halogens is 1. The maximum atomic E-state index is 13.3. The number of hydrogen-bond donors (Lipinski definition) is 1. The minimum Gasteiger partial charge on any atom is -0.386 e. The molecule has 4 nitrogen and oxygen atoms in total. The molecule has 0 spiro atoms. The Morgan fingerprint density at radius 1 is 1.22 bits per heavy atom. The van der Waals surface area contributed by atoms with Gasteiger partial charge >= 0.3 is 0 Å². The molecule has 1 N–H and O–H groups in total. The van der Waals surface area contributed by atoms with Gasteiger partial charge in [-0.25, -0.2) is 4.39 Å². The van der Waals surface area contributed by atoms with Gasteiger partial charge in [0.15, 0.2) is 6.61 Å². The van der Waals surface area contributed by atoms with Gasteiger partial charge in [-0.1, -0.05) is 29.4 Å². The molecule has 0 radical (unpaired) electrons. The molecular formula is C18H17FN2O2. The molecule has 0 fully saturated rings. The fourth-order valence-electron chi connectivity index (χ4n) is 2.62. The van der Waals surface area contributed by atoms with Gasteiger partial charge in [0.1, 0.15) is 5.82 Å². The van der Waals surface area contributed by atoms with Crippen molar-refractivity contribution in [3.8, 4) is 0 Å². The zero-order valence-corrected chi connectivity index (χ0v) is 12.6. The lowest BCUT2D eigenvalue weighted by molar-refractivity contribution is -0.120. The van der Waals surface area contributed by atoms with Gasteiger partial charge in [0, 0.05) is 11.3 Å². The first-order valence-corrected chi connectivity index (χ1v) is 7.54. The predicted molar refractivity (Wildman–Crippen MR) is 87.0 cm³/mol. The van der Waals surface area contributed by atoms with Gasteiger partial charge in [0.2, 0.25) is 0 Å². The van der Waals surface area contributed by atoms with Crippen LogP contribution in [0.5, 0.6) is 0 Å². The van der Waals surface area contributed by atoms with Gasteiger partial charge in [-0.15, -0.1) is 0 Å². The summed E-state index contributed by atoms with van der Waals surface area (Å²) in [6.45, 7) is -0.220. The minimum absolute atomic E-state index is 0.220. The van der Waals surface area contributed by atoms with Crippen molar-refractivity contribution in [3.05, 3.63) is 65.0 Å². The average Bonchev–Trinajstić information content (AvgIpc) is 3.01. The SMILES string of the molecule is O=C(CO/N=C\c1ccccc1F)Nc1ccc2c(c1)CCC2. The van der Waals surface area contributed by atoms with Crippen LogP contribution in [0.3, 0.4) is 0 Å². The summed E-state index contributed by atoms with van der Waals surface area (Å²) >= 11 is 0. The topological polar surface area (TPSA) is 50.7 Å². The number of aryl methyl sites for hydroxylation is 2. The zero-order chi connectivity index (χ0) is 16.1. The molecule has 1 amide bonds. The quantitative estimate of drug-likeness (QED) is 0.680. The monoisotopic (exact) mass is 312 g/mol. The molecule has 23 heavy (non-hydrogen) atoms. The Morgan fingerprint density at radius 2 is 2.04 bits per heavy atom. The second-order valence-corrected chi connectivity index (χ2v) is 5.41. The maximum Gasteiger partial charge on any atom is 0.265 e. The molecule has 3 rings (SSSR count). The zero-order valence-electron chi connectivity index (χ0n) is 12.6. The molecule has 0 aliphatic heterocycles. The summed E-state index contributed by atoms with van der Waals surface area (Å²) < 4.78 is 13.3. The highest BCUT2D eigenvalue weighted by Crippen LogP contribution is 2.24. The number of rotatable bonds is 5. The standard InChI is InChI=1S/C18H17FN2O2/c19-17-7-2-1-4-15(17)11-20-23-12-18(22)21-16-9-8-13-5-3-6-14(13)10-16/h1-2,4,7-11H,3,5-6,12H2,(H,21,22)/b20-11-. The first-order chi connectivity index (χ1) is 11.2. The molecule has 118 valence electrons. The minimum atomic E-state index is -0.387. The third kappa shape index (κ3) is 3.94. The van der Waals surface area contributed by atoms with E-state index in [0.717, 1.165) is 18.5 Å². The van der Waals surface area contributed by atoms with Crippen LogP contribution in [-0.4, -0.2) is 18.7 Å². The van der Waals surface area contributed by atoms with Crippen molar-refractivity contribution in [1.82, 2.24) is 0 Å². The molecule has 0 heterocycles. The Hall–Kier alpha value is -2.69. The van der Waals surface area contributed by atoms with Crippen molar-refractivity contribution in [2.45, 2.75) is 19.3 Å². The summed E-state index contributed by atoms with van der Waals surface area (Å²) in [5.74, 6) is -0.684. The first-order valence-electron chi connectivity index (χ1n) is 7.54. The summed E-state index contributed by atoms with van der Waals surface area (Å²) in [6.07, 6.45) is 4.58. The van der Waals surface area contributed by atoms with Crippen LogP contribution in [0.15, 0.2) is 47.6 Å². The lowest BCUT2D eigenvalue weighted by Crippen LogP contribution is -2.17. The van der Waals surface area contributed by atoms with Crippen LogP contribution in [0, 0.1) is 5.82 Å². The highest BCUT2D eigenvalue weighted by Gasteiger charge is 2.11. The third-order valence-corrected chi connectivity index (χ3v) is 3.75. The van der Waals surface area contributed by atoms with Crippen molar-refractivity contribution < 1.29 is 14.0 Å². The number of fused-ring (bicyclic) bond motifs is 1. The van der Waals surface area contributed by atoms with Gasteiger partial charge in [-0.3, -0.25) is 4.79 Å². The van der Waals surface area contributed by atoms with E-state index in [2.05, 4.69) is 16.5 Å². The number of hydrogen-bond acceptors (Lipinski definition) is 3. The molecule has 0 saturated carbocycles. The molecule has 5 heteroatoms. The molecule has 1 aliphatic carbocycles. The molecule has 2 aromatic carbocycles. The lowest BCUT2D eigenvalue weighted by atomic mass is 10.1. The summed E-state index contributed by atoms with van der Waals surface area (Å²) in [7, 11) is 0. The van der Waals surface area contributed by atoms with Crippen molar-refractivity contribution in [2.24, 2.45) is 5.16 Å². The first kappa shape index (κ1) is 15.2. The Bertz CT molecular complexity index is 744. The number of benzene rings is 2. The van der Waals surface area contributed by atoms with Crippen LogP contribution >= 0.6 is 0 Å². The number of nitrogens with zero attached hydrogens (tertiary/aromatic N) is 1. The molecule has 0 unspecified atom stereocenters. The number of anilines is 1. The Labute approximate surface area is 134 Å². The largest absolute Gasteiger partial charge is 0.386 e. The number of carbonyl (C=O) groups excluding carboxylic acids is 1. The number of carbonyl (C=O) groups is 1.